The van der Waals surface area contributed by atoms with E-state index in [-0.39, 0.29) is 19.3 Å². The summed E-state index contributed by atoms with van der Waals surface area (Å²) in [6.07, 6.45) is 1.79. The molecule has 1 N–H and O–H groups in total. The highest BCUT2D eigenvalue weighted by Crippen LogP contribution is 2.50. The average molecular weight is 358 g/mol. The van der Waals surface area contributed by atoms with Crippen molar-refractivity contribution >= 4 is 14.0 Å². The van der Waals surface area contributed by atoms with Crippen LogP contribution in [0.5, 0.6) is 0 Å². The maximum Gasteiger partial charge on any atom is 0.406 e. The van der Waals surface area contributed by atoms with Crippen molar-refractivity contribution in [2.75, 3.05) is 13.2 Å². The summed E-state index contributed by atoms with van der Waals surface area (Å²) in [6, 6.07) is 19.5. The minimum Gasteiger partial charge on any atom is -0.294 e. The van der Waals surface area contributed by atoms with Gasteiger partial charge in [0.1, 0.15) is 5.54 Å². The van der Waals surface area contributed by atoms with Gasteiger partial charge >= 0.3 is 7.75 Å². The van der Waals surface area contributed by atoms with Gasteiger partial charge in [-0.3, -0.25) is 14.0 Å². The highest BCUT2D eigenvalue weighted by atomic mass is 31.2. The fourth-order valence-electron chi connectivity index (χ4n) is 2.50. The van der Waals surface area contributed by atoms with Crippen LogP contribution in [0.1, 0.15) is 31.0 Å². The van der Waals surface area contributed by atoms with E-state index in [9.17, 15) is 4.57 Å². The van der Waals surface area contributed by atoms with Gasteiger partial charge < -0.3 is 0 Å². The summed E-state index contributed by atoms with van der Waals surface area (Å²) >= 11 is 0. The first-order chi connectivity index (χ1) is 12.0. The van der Waals surface area contributed by atoms with Crippen LogP contribution in [0.4, 0.5) is 0 Å². The number of nitrogens with zero attached hydrogens (tertiary/aromatic N) is 1. The second-order valence-corrected chi connectivity index (χ2v) is 8.24. The van der Waals surface area contributed by atoms with E-state index in [0.29, 0.717) is 0 Å². The Morgan fingerprint density at radius 2 is 1.64 bits per heavy atom. The molecule has 2 aromatic rings. The standard InChI is InChI=1S/C19H23N2O3P/c1-16(18-11-7-4-8-12-18)21-25(22)23-14-19(2,15-24-25)20-13-17-9-5-3-6-10-17/h3-13,16H,14-15H2,1-2H3,(H,21,22)/t16-,19?,25?/m1/s1. The zero-order valence-electron chi connectivity index (χ0n) is 14.5. The number of benzene rings is 2. The first-order valence-electron chi connectivity index (χ1n) is 8.30. The Balaban J connectivity index is 1.60. The van der Waals surface area contributed by atoms with Crippen LogP contribution in [0.3, 0.4) is 0 Å². The van der Waals surface area contributed by atoms with Crippen molar-refractivity contribution in [3.63, 3.8) is 0 Å². The van der Waals surface area contributed by atoms with E-state index in [1.165, 1.54) is 0 Å². The summed E-state index contributed by atoms with van der Waals surface area (Å²) in [5.41, 5.74) is 1.48. The van der Waals surface area contributed by atoms with Gasteiger partial charge in [0, 0.05) is 12.3 Å². The fraction of sp³-hybridized carbons (Fsp3) is 0.316. The molecule has 0 saturated carbocycles. The van der Waals surface area contributed by atoms with Crippen molar-refractivity contribution in [2.45, 2.75) is 25.4 Å². The van der Waals surface area contributed by atoms with Gasteiger partial charge in [-0.15, -0.1) is 0 Å². The van der Waals surface area contributed by atoms with Gasteiger partial charge in [0.25, 0.3) is 0 Å². The van der Waals surface area contributed by atoms with Gasteiger partial charge in [-0.2, -0.15) is 0 Å². The largest absolute Gasteiger partial charge is 0.406 e. The quantitative estimate of drug-likeness (QED) is 0.637. The molecule has 0 amide bonds. The van der Waals surface area contributed by atoms with Crippen molar-refractivity contribution < 1.29 is 13.6 Å². The zero-order chi connectivity index (χ0) is 17.8. The molecule has 25 heavy (non-hydrogen) atoms. The van der Waals surface area contributed by atoms with Gasteiger partial charge in [-0.25, -0.2) is 9.65 Å². The lowest BCUT2D eigenvalue weighted by atomic mass is 10.1. The smallest absolute Gasteiger partial charge is 0.294 e. The van der Waals surface area contributed by atoms with Crippen LogP contribution < -0.4 is 5.09 Å². The summed E-state index contributed by atoms with van der Waals surface area (Å²) in [5.74, 6) is 0. The van der Waals surface area contributed by atoms with E-state index in [1.807, 2.05) is 74.5 Å². The van der Waals surface area contributed by atoms with Crippen LogP contribution in [-0.2, 0) is 13.6 Å². The Hall–Kier alpha value is -1.78. The normalized spacial score (nSPS) is 28.1. The summed E-state index contributed by atoms with van der Waals surface area (Å²) in [7, 11) is -3.33. The molecular weight excluding hydrogens is 335 g/mol. The molecule has 0 bridgehead atoms. The third kappa shape index (κ3) is 4.86. The molecule has 132 valence electrons. The first kappa shape index (κ1) is 18.0. The summed E-state index contributed by atoms with van der Waals surface area (Å²) < 4.78 is 23.9. The van der Waals surface area contributed by atoms with Gasteiger partial charge in [0.2, 0.25) is 0 Å². The lowest BCUT2D eigenvalue weighted by Gasteiger charge is -2.35. The van der Waals surface area contributed by atoms with Gasteiger partial charge in [-0.05, 0) is 25.0 Å². The molecule has 0 aromatic heterocycles. The monoisotopic (exact) mass is 358 g/mol. The highest BCUT2D eigenvalue weighted by Gasteiger charge is 2.40. The van der Waals surface area contributed by atoms with E-state index in [4.69, 9.17) is 9.05 Å². The van der Waals surface area contributed by atoms with Crippen molar-refractivity contribution in [1.82, 2.24) is 5.09 Å². The van der Waals surface area contributed by atoms with Crippen LogP contribution in [0.25, 0.3) is 0 Å². The molecule has 6 heteroatoms. The molecule has 2 aromatic carbocycles. The Morgan fingerprint density at radius 3 is 2.24 bits per heavy atom. The molecule has 3 rings (SSSR count). The molecule has 5 nitrogen and oxygen atoms in total. The van der Waals surface area contributed by atoms with Crippen LogP contribution in [0.15, 0.2) is 65.7 Å². The summed E-state index contributed by atoms with van der Waals surface area (Å²) in [6.45, 7) is 4.34. The van der Waals surface area contributed by atoms with Crippen molar-refractivity contribution in [3.05, 3.63) is 71.8 Å². The molecule has 1 aliphatic rings. The minimum absolute atomic E-state index is 0.135. The van der Waals surface area contributed by atoms with Gasteiger partial charge in [-0.1, -0.05) is 60.7 Å². The van der Waals surface area contributed by atoms with E-state index in [1.54, 1.807) is 6.21 Å². The molecule has 1 fully saturated rings. The predicted octanol–water partition coefficient (Wildman–Crippen LogP) is 4.37. The van der Waals surface area contributed by atoms with Crippen molar-refractivity contribution in [3.8, 4) is 0 Å². The third-order valence-electron chi connectivity index (χ3n) is 4.07. The molecule has 0 unspecified atom stereocenters. The van der Waals surface area contributed by atoms with E-state index >= 15 is 0 Å². The lowest BCUT2D eigenvalue weighted by Crippen LogP contribution is -2.40. The summed E-state index contributed by atoms with van der Waals surface area (Å²) in [4.78, 5) is 4.56. The molecule has 0 radical (unpaired) electrons. The Kier molecular flexibility index (Phi) is 5.50. The van der Waals surface area contributed by atoms with Crippen LogP contribution in [0, 0.1) is 0 Å². The zero-order valence-corrected chi connectivity index (χ0v) is 15.4. The maximum absolute atomic E-state index is 12.8. The lowest BCUT2D eigenvalue weighted by molar-refractivity contribution is 0.0758. The van der Waals surface area contributed by atoms with Gasteiger partial charge in [0.05, 0.1) is 13.2 Å². The van der Waals surface area contributed by atoms with Crippen molar-refractivity contribution in [2.24, 2.45) is 4.99 Å². The predicted molar refractivity (Wildman–Crippen MR) is 99.9 cm³/mol. The number of aliphatic imine (C=N–C) groups is 1. The molecule has 1 saturated heterocycles. The minimum atomic E-state index is -3.33. The van der Waals surface area contributed by atoms with E-state index in [0.717, 1.165) is 11.1 Å². The highest BCUT2D eigenvalue weighted by molar-refractivity contribution is 7.51. The van der Waals surface area contributed by atoms with E-state index in [2.05, 4.69) is 10.1 Å². The molecule has 1 heterocycles. The first-order valence-corrected chi connectivity index (χ1v) is 9.84. The van der Waals surface area contributed by atoms with Gasteiger partial charge in [0.15, 0.2) is 0 Å². The van der Waals surface area contributed by atoms with Crippen LogP contribution >= 0.6 is 7.75 Å². The Labute approximate surface area is 148 Å². The fourth-order valence-corrected chi connectivity index (χ4v) is 4.24. The van der Waals surface area contributed by atoms with Crippen molar-refractivity contribution in [1.29, 1.82) is 0 Å². The Bertz CT molecular complexity index is 753. The number of rotatable bonds is 5. The Morgan fingerprint density at radius 1 is 1.08 bits per heavy atom. The topological polar surface area (TPSA) is 59.9 Å². The second kappa shape index (κ2) is 7.63. The maximum atomic E-state index is 12.8. The summed E-state index contributed by atoms with van der Waals surface area (Å²) in [5, 5.41) is 2.98. The number of nitrogens with one attached hydrogen (secondary N) is 1. The number of hydrogen-bond acceptors (Lipinski definition) is 4. The van der Waals surface area contributed by atoms with E-state index < -0.39 is 13.3 Å². The SMILES string of the molecule is C[C@@H](NP1(=O)OCC(C)(N=Cc2ccccc2)CO1)c1ccccc1. The molecule has 1 aliphatic heterocycles. The molecule has 0 spiro atoms. The third-order valence-corrected chi connectivity index (χ3v) is 5.71. The molecular formula is C19H23N2O3P. The van der Waals surface area contributed by atoms with Crippen LogP contribution in [0.2, 0.25) is 0 Å². The second-order valence-electron chi connectivity index (χ2n) is 6.47. The molecule has 0 aliphatic carbocycles. The molecule has 1 atom stereocenters. The average Bonchev–Trinajstić information content (AvgIpc) is 2.65. The van der Waals surface area contributed by atoms with Crippen LogP contribution in [-0.4, -0.2) is 25.0 Å². The number of hydrogen-bond donors (Lipinski definition) is 1.